The van der Waals surface area contributed by atoms with Gasteiger partial charge in [-0.25, -0.2) is 22.0 Å². The molecule has 1 saturated heterocycles. The fraction of sp³-hybridized carbons (Fsp3) is 0.615. The first-order chi connectivity index (χ1) is 17.8. The highest BCUT2D eigenvalue weighted by Gasteiger charge is 2.36. The molecule has 1 aromatic carbocycles. The van der Waals surface area contributed by atoms with Gasteiger partial charge in [0, 0.05) is 46.5 Å². The Balaban J connectivity index is 1.57. The van der Waals surface area contributed by atoms with E-state index in [-0.39, 0.29) is 29.7 Å². The number of benzene rings is 1. The highest BCUT2D eigenvalue weighted by molar-refractivity contribution is 9.10. The van der Waals surface area contributed by atoms with Crippen molar-refractivity contribution >= 4 is 43.4 Å². The monoisotopic (exact) mass is 614 g/mol. The molecule has 1 aromatic heterocycles. The summed E-state index contributed by atoms with van der Waals surface area (Å²) in [5.74, 6) is 0.874. The van der Waals surface area contributed by atoms with Gasteiger partial charge in [-0.15, -0.1) is 0 Å². The number of hydrogen-bond acceptors (Lipinski definition) is 6. The van der Waals surface area contributed by atoms with Crippen LogP contribution in [0.3, 0.4) is 0 Å². The number of alkyl halides is 2. The van der Waals surface area contributed by atoms with E-state index in [9.17, 15) is 22.0 Å². The van der Waals surface area contributed by atoms with Crippen molar-refractivity contribution in [2.24, 2.45) is 0 Å². The zero-order chi connectivity index (χ0) is 27.4. The van der Waals surface area contributed by atoms with Gasteiger partial charge < -0.3 is 14.5 Å². The van der Waals surface area contributed by atoms with Crippen LogP contribution >= 0.6 is 15.9 Å². The summed E-state index contributed by atoms with van der Waals surface area (Å²) in [6, 6.07) is 3.24. The highest BCUT2D eigenvalue weighted by Crippen LogP contribution is 2.42. The molecule has 0 N–H and O–H groups in total. The number of anilines is 2. The van der Waals surface area contributed by atoms with Crippen LogP contribution in [0.15, 0.2) is 16.6 Å². The third-order valence-electron chi connectivity index (χ3n) is 7.39. The minimum Gasteiger partial charge on any atom is -0.444 e. The fourth-order valence-corrected chi connectivity index (χ4v) is 7.59. The second-order valence-corrected chi connectivity index (χ2v) is 14.4. The number of hydrogen-bond donors (Lipinski definition) is 0. The predicted molar refractivity (Wildman–Crippen MR) is 144 cm³/mol. The molecule has 38 heavy (non-hydrogen) atoms. The number of nitrogens with zero attached hydrogens (tertiary/aromatic N) is 4. The van der Waals surface area contributed by atoms with Crippen molar-refractivity contribution in [3.05, 3.63) is 39.0 Å². The fourth-order valence-electron chi connectivity index (χ4n) is 5.56. The van der Waals surface area contributed by atoms with Crippen molar-refractivity contribution in [3.63, 3.8) is 0 Å². The third-order valence-corrected chi connectivity index (χ3v) is 9.80. The number of carbonyl (C=O) groups is 1. The molecule has 0 radical (unpaired) electrons. The molecule has 12 heteroatoms. The molecule has 208 valence electrons. The number of amides is 1. The van der Waals surface area contributed by atoms with Crippen molar-refractivity contribution in [1.29, 1.82) is 0 Å². The van der Waals surface area contributed by atoms with E-state index in [4.69, 9.17) is 9.84 Å². The van der Waals surface area contributed by atoms with E-state index in [1.165, 1.54) is 6.07 Å². The molecule has 1 fully saturated rings. The number of rotatable bonds is 3. The lowest BCUT2D eigenvalue weighted by molar-refractivity contribution is 0.0222. The number of aromatic nitrogens is 2. The van der Waals surface area contributed by atoms with Gasteiger partial charge in [0.15, 0.2) is 5.82 Å². The molecular weight excluding hydrogens is 582 g/mol. The van der Waals surface area contributed by atoms with Crippen LogP contribution < -0.4 is 4.90 Å². The van der Waals surface area contributed by atoms with Gasteiger partial charge >= 0.3 is 6.09 Å². The first-order valence-corrected chi connectivity index (χ1v) is 15.6. The smallest absolute Gasteiger partial charge is 0.410 e. The summed E-state index contributed by atoms with van der Waals surface area (Å²) in [6.45, 7) is 6.82. The van der Waals surface area contributed by atoms with Crippen molar-refractivity contribution in [3.8, 4) is 0 Å². The second kappa shape index (κ2) is 10.1. The van der Waals surface area contributed by atoms with Gasteiger partial charge in [-0.05, 0) is 64.2 Å². The number of aryl methyl sites for hydroxylation is 1. The number of ether oxygens (including phenoxy) is 1. The Bertz CT molecular complexity index is 1340. The molecule has 3 aliphatic heterocycles. The summed E-state index contributed by atoms with van der Waals surface area (Å²) >= 11 is 3.30. The zero-order valence-electron chi connectivity index (χ0n) is 21.8. The molecule has 0 saturated carbocycles. The van der Waals surface area contributed by atoms with Crippen LogP contribution in [0.5, 0.6) is 0 Å². The van der Waals surface area contributed by atoms with Crippen molar-refractivity contribution in [1.82, 2.24) is 14.7 Å². The van der Waals surface area contributed by atoms with Crippen LogP contribution in [-0.2, 0) is 34.0 Å². The van der Waals surface area contributed by atoms with E-state index in [0.29, 0.717) is 48.3 Å². The van der Waals surface area contributed by atoms with Crippen LogP contribution in [-0.4, -0.2) is 59.4 Å². The molecule has 1 amide bonds. The lowest BCUT2D eigenvalue weighted by Gasteiger charge is -2.34. The van der Waals surface area contributed by atoms with Crippen molar-refractivity contribution in [2.45, 2.75) is 77.5 Å². The Kier molecular flexibility index (Phi) is 7.25. The average molecular weight is 616 g/mol. The molecule has 0 aliphatic carbocycles. The van der Waals surface area contributed by atoms with Crippen molar-refractivity contribution in [2.75, 3.05) is 29.5 Å². The van der Waals surface area contributed by atoms with E-state index >= 15 is 0 Å². The van der Waals surface area contributed by atoms with Gasteiger partial charge in [0.1, 0.15) is 15.4 Å². The average Bonchev–Trinajstić information content (AvgIpc) is 3.20. The Morgan fingerprint density at radius 1 is 1.16 bits per heavy atom. The molecule has 0 atom stereocenters. The number of fused-ring (bicyclic) bond motifs is 2. The van der Waals surface area contributed by atoms with Crippen LogP contribution in [0.1, 0.15) is 74.9 Å². The molecule has 2 aromatic rings. The summed E-state index contributed by atoms with van der Waals surface area (Å²) in [5.41, 5.74) is 2.79. The number of sulfone groups is 1. The highest BCUT2D eigenvalue weighted by atomic mass is 79.9. The minimum atomic E-state index is -3.05. The van der Waals surface area contributed by atoms with E-state index in [0.717, 1.165) is 29.7 Å². The van der Waals surface area contributed by atoms with Crippen LogP contribution in [0.2, 0.25) is 0 Å². The Morgan fingerprint density at radius 2 is 1.87 bits per heavy atom. The van der Waals surface area contributed by atoms with Gasteiger partial charge in [0.05, 0.1) is 24.1 Å². The molecule has 0 bridgehead atoms. The Morgan fingerprint density at radius 3 is 2.53 bits per heavy atom. The van der Waals surface area contributed by atoms with E-state index in [1.54, 1.807) is 11.0 Å². The first kappa shape index (κ1) is 27.4. The van der Waals surface area contributed by atoms with Gasteiger partial charge in [-0.3, -0.25) is 4.68 Å². The molecular formula is C26H33BrF2N4O4S. The van der Waals surface area contributed by atoms with Crippen molar-refractivity contribution < 1.29 is 26.7 Å². The SMILES string of the molecule is CC(C)(C)OC(=O)N1CCc2c(c(N3CCCc4cc(Br)c(C(F)F)cc43)nn2C2CCS(=O)(=O)CC2)C1. The summed E-state index contributed by atoms with van der Waals surface area (Å²) in [7, 11) is -3.05. The summed E-state index contributed by atoms with van der Waals surface area (Å²) in [6.07, 6.45) is 0.0581. The standard InChI is InChI=1S/C26H33BrF2N4O4S/c1-26(2,3)37-25(34)31-10-6-21-19(15-31)24(30-33(21)17-7-11-38(35,36)12-8-17)32-9-4-5-16-13-20(27)18(23(28)29)14-22(16)32/h13-14,17,23H,4-12,15H2,1-3H3. The lowest BCUT2D eigenvalue weighted by atomic mass is 9.98. The molecule has 4 heterocycles. The number of halogens is 3. The summed E-state index contributed by atoms with van der Waals surface area (Å²) < 4.78 is 59.8. The summed E-state index contributed by atoms with van der Waals surface area (Å²) in [5, 5.41) is 5.02. The first-order valence-electron chi connectivity index (χ1n) is 13.0. The van der Waals surface area contributed by atoms with E-state index in [1.807, 2.05) is 30.4 Å². The molecule has 8 nitrogen and oxygen atoms in total. The van der Waals surface area contributed by atoms with Crippen LogP contribution in [0, 0.1) is 0 Å². The molecule has 0 unspecified atom stereocenters. The number of carbonyl (C=O) groups excluding carboxylic acids is 1. The van der Waals surface area contributed by atoms with E-state index in [2.05, 4.69) is 15.9 Å². The van der Waals surface area contributed by atoms with Gasteiger partial charge in [-0.1, -0.05) is 15.9 Å². The lowest BCUT2D eigenvalue weighted by Crippen LogP contribution is -2.40. The van der Waals surface area contributed by atoms with Crippen LogP contribution in [0.25, 0.3) is 0 Å². The van der Waals surface area contributed by atoms with Crippen LogP contribution in [0.4, 0.5) is 25.1 Å². The maximum atomic E-state index is 13.8. The largest absolute Gasteiger partial charge is 0.444 e. The zero-order valence-corrected chi connectivity index (χ0v) is 24.2. The van der Waals surface area contributed by atoms with E-state index < -0.39 is 28.0 Å². The van der Waals surface area contributed by atoms with Gasteiger partial charge in [-0.2, -0.15) is 5.10 Å². The predicted octanol–water partition coefficient (Wildman–Crippen LogP) is 5.71. The third kappa shape index (κ3) is 5.43. The second-order valence-electron chi connectivity index (χ2n) is 11.3. The Hall–Kier alpha value is -2.21. The van der Waals surface area contributed by atoms with Gasteiger partial charge in [0.25, 0.3) is 6.43 Å². The topological polar surface area (TPSA) is 84.7 Å². The maximum Gasteiger partial charge on any atom is 0.410 e. The van der Waals surface area contributed by atoms with Gasteiger partial charge in [0.2, 0.25) is 0 Å². The quantitative estimate of drug-likeness (QED) is 0.440. The maximum absolute atomic E-state index is 13.8. The minimum absolute atomic E-state index is 0.0695. The molecule has 0 spiro atoms. The summed E-state index contributed by atoms with van der Waals surface area (Å²) in [4.78, 5) is 16.6. The normalized spacial score (nSPS) is 19.9. The molecule has 5 rings (SSSR count). The molecule has 3 aliphatic rings. The Labute approximate surface area is 230 Å².